The van der Waals surface area contributed by atoms with Gasteiger partial charge in [0.2, 0.25) is 0 Å². The maximum Gasteiger partial charge on any atom is 0.306 e. The Morgan fingerprint density at radius 1 is 0.280 bits per heavy atom. The molecule has 0 saturated heterocycles. The maximum atomic E-state index is 12.9. The van der Waals surface area contributed by atoms with Crippen molar-refractivity contribution in [1.82, 2.24) is 0 Å². The van der Waals surface area contributed by atoms with E-state index in [4.69, 9.17) is 14.2 Å². The highest BCUT2D eigenvalue weighted by atomic mass is 16.6. The maximum absolute atomic E-state index is 12.9. The van der Waals surface area contributed by atoms with E-state index in [1.165, 1.54) is 154 Å². The summed E-state index contributed by atoms with van der Waals surface area (Å²) in [5.74, 6) is -0.895. The van der Waals surface area contributed by atoms with Crippen LogP contribution in [-0.2, 0) is 28.6 Å². The molecule has 0 spiro atoms. The van der Waals surface area contributed by atoms with Crippen molar-refractivity contribution in [2.24, 2.45) is 0 Å². The van der Waals surface area contributed by atoms with E-state index in [1.54, 1.807) is 0 Å². The highest BCUT2D eigenvalue weighted by Gasteiger charge is 2.19. The lowest BCUT2D eigenvalue weighted by molar-refractivity contribution is -0.167. The topological polar surface area (TPSA) is 78.9 Å². The Hall–Kier alpha value is -3.67. The van der Waals surface area contributed by atoms with Crippen LogP contribution >= 0.6 is 0 Å². The molecule has 6 heteroatoms. The highest BCUT2D eigenvalue weighted by molar-refractivity contribution is 5.71. The molecule has 75 heavy (non-hydrogen) atoms. The van der Waals surface area contributed by atoms with E-state index in [0.29, 0.717) is 19.3 Å². The SMILES string of the molecule is CC/C=C\C/C=C\C/C=C\C/C=C\C/C=C\C/C=C\CCCCCCCCCCCCC(=O)OCC(COC(=O)CCCCCCC/C=C\CCC)OC(=O)CCCCCCCCC/C=C\CCCCCCCCC. The van der Waals surface area contributed by atoms with Crippen molar-refractivity contribution in [1.29, 1.82) is 0 Å². The quantitative estimate of drug-likeness (QED) is 0.0261. The fourth-order valence-corrected chi connectivity index (χ4v) is 8.80. The third kappa shape index (κ3) is 61.1. The molecule has 0 N–H and O–H groups in total. The van der Waals surface area contributed by atoms with Crippen LogP contribution in [0.25, 0.3) is 0 Å². The molecule has 0 fully saturated rings. The van der Waals surface area contributed by atoms with Crippen LogP contribution in [0.5, 0.6) is 0 Å². The molecule has 1 atom stereocenters. The van der Waals surface area contributed by atoms with Crippen molar-refractivity contribution in [3.8, 4) is 0 Å². The van der Waals surface area contributed by atoms with Crippen molar-refractivity contribution in [3.05, 3.63) is 97.2 Å². The molecule has 0 amide bonds. The second-order valence-corrected chi connectivity index (χ2v) is 20.9. The average molecular weight is 1040 g/mol. The largest absolute Gasteiger partial charge is 0.462 e. The number of ether oxygens (including phenoxy) is 3. The summed E-state index contributed by atoms with van der Waals surface area (Å²) in [6, 6.07) is 0. The van der Waals surface area contributed by atoms with E-state index < -0.39 is 6.10 Å². The van der Waals surface area contributed by atoms with Gasteiger partial charge in [-0.1, -0.05) is 266 Å². The first-order valence-electron chi connectivity index (χ1n) is 31.7. The lowest BCUT2D eigenvalue weighted by Crippen LogP contribution is -2.30. The van der Waals surface area contributed by atoms with E-state index >= 15 is 0 Å². The minimum Gasteiger partial charge on any atom is -0.462 e. The number of hydrogen-bond donors (Lipinski definition) is 0. The zero-order chi connectivity index (χ0) is 54.3. The van der Waals surface area contributed by atoms with E-state index in [1.807, 2.05) is 0 Å². The van der Waals surface area contributed by atoms with Crippen molar-refractivity contribution in [2.45, 2.75) is 309 Å². The number of carbonyl (C=O) groups excluding carboxylic acids is 3. The molecule has 6 nitrogen and oxygen atoms in total. The smallest absolute Gasteiger partial charge is 0.306 e. The molecule has 0 radical (unpaired) electrons. The summed E-state index contributed by atoms with van der Waals surface area (Å²) in [6.07, 6.45) is 84.2. The fourth-order valence-electron chi connectivity index (χ4n) is 8.80. The van der Waals surface area contributed by atoms with Gasteiger partial charge < -0.3 is 14.2 Å². The molecule has 0 saturated carbocycles. The molecule has 0 bridgehead atoms. The predicted molar refractivity (Wildman–Crippen MR) is 325 cm³/mol. The van der Waals surface area contributed by atoms with Gasteiger partial charge in [0.25, 0.3) is 0 Å². The van der Waals surface area contributed by atoms with Crippen molar-refractivity contribution in [3.63, 3.8) is 0 Å². The Labute approximate surface area is 464 Å². The number of esters is 3. The lowest BCUT2D eigenvalue weighted by Gasteiger charge is -2.18. The molecule has 0 aromatic heterocycles. The van der Waals surface area contributed by atoms with E-state index in [2.05, 4.69) is 118 Å². The monoisotopic (exact) mass is 1040 g/mol. The first-order chi connectivity index (χ1) is 37.0. The van der Waals surface area contributed by atoms with Crippen LogP contribution in [0.4, 0.5) is 0 Å². The lowest BCUT2D eigenvalue weighted by atomic mass is 10.1. The Kier molecular flexibility index (Phi) is 59.8. The van der Waals surface area contributed by atoms with Crippen molar-refractivity contribution in [2.75, 3.05) is 13.2 Å². The molecule has 1 unspecified atom stereocenters. The fraction of sp³-hybridized carbons (Fsp3) is 0.725. The first-order valence-corrected chi connectivity index (χ1v) is 31.7. The van der Waals surface area contributed by atoms with Gasteiger partial charge in [-0.25, -0.2) is 0 Å². The van der Waals surface area contributed by atoms with Crippen LogP contribution in [0, 0.1) is 0 Å². The number of allylic oxidation sites excluding steroid dienone is 16. The normalized spacial score (nSPS) is 12.7. The third-order valence-corrected chi connectivity index (χ3v) is 13.5. The van der Waals surface area contributed by atoms with Crippen LogP contribution < -0.4 is 0 Å². The number of carbonyl (C=O) groups is 3. The van der Waals surface area contributed by atoms with Gasteiger partial charge >= 0.3 is 17.9 Å². The Morgan fingerprint density at radius 3 is 0.880 bits per heavy atom. The van der Waals surface area contributed by atoms with Crippen LogP contribution in [0.3, 0.4) is 0 Å². The summed E-state index contributed by atoms with van der Waals surface area (Å²) in [7, 11) is 0. The van der Waals surface area contributed by atoms with Gasteiger partial charge in [0.1, 0.15) is 13.2 Å². The standard InChI is InChI=1S/C69H118O6/c1-4-7-10-13-16-19-22-24-26-28-30-31-32-33-34-35-36-37-38-39-40-42-43-45-47-50-53-56-59-62-68(71)74-65-66(64-73-67(70)61-58-55-52-49-21-18-15-12-9-6-3)75-69(72)63-60-57-54-51-48-46-44-41-29-27-25-23-20-17-14-11-8-5-2/h7,10,12,15-16,19,24,26-27,29-31,33-34,36-37,66H,4-6,8-9,11,13-14,17-18,20-23,25,28,32,35,38-65H2,1-3H3/b10-7-,15-12-,19-16-,26-24-,29-27-,31-30-,34-33-,37-36-. The van der Waals surface area contributed by atoms with E-state index in [0.717, 1.165) is 109 Å². The second kappa shape index (κ2) is 62.9. The number of hydrogen-bond acceptors (Lipinski definition) is 6. The van der Waals surface area contributed by atoms with Crippen molar-refractivity contribution < 1.29 is 28.6 Å². The number of unbranched alkanes of at least 4 members (excludes halogenated alkanes) is 30. The van der Waals surface area contributed by atoms with Crippen molar-refractivity contribution >= 4 is 17.9 Å². The summed E-state index contributed by atoms with van der Waals surface area (Å²) >= 11 is 0. The van der Waals surface area contributed by atoms with Crippen LogP contribution in [-0.4, -0.2) is 37.2 Å². The molecule has 0 aliphatic heterocycles. The van der Waals surface area contributed by atoms with Gasteiger partial charge in [-0.15, -0.1) is 0 Å². The molecular formula is C69H118O6. The average Bonchev–Trinajstić information content (AvgIpc) is 3.41. The molecule has 0 aromatic rings. The Morgan fingerprint density at radius 2 is 0.547 bits per heavy atom. The summed E-state index contributed by atoms with van der Waals surface area (Å²) in [5, 5.41) is 0. The van der Waals surface area contributed by atoms with E-state index in [9.17, 15) is 14.4 Å². The Bertz CT molecular complexity index is 1480. The second-order valence-electron chi connectivity index (χ2n) is 20.9. The highest BCUT2D eigenvalue weighted by Crippen LogP contribution is 2.16. The number of rotatable bonds is 57. The van der Waals surface area contributed by atoms with Crippen LogP contribution in [0.15, 0.2) is 97.2 Å². The molecule has 0 aromatic carbocycles. The molecule has 0 rings (SSSR count). The van der Waals surface area contributed by atoms with E-state index in [-0.39, 0.29) is 31.1 Å². The molecule has 0 aliphatic carbocycles. The zero-order valence-corrected chi connectivity index (χ0v) is 49.3. The van der Waals surface area contributed by atoms with Gasteiger partial charge in [-0.05, 0) is 116 Å². The molecule has 0 heterocycles. The van der Waals surface area contributed by atoms with Crippen LogP contribution in [0.1, 0.15) is 303 Å². The van der Waals surface area contributed by atoms with Gasteiger partial charge in [0.05, 0.1) is 0 Å². The zero-order valence-electron chi connectivity index (χ0n) is 49.3. The molecule has 0 aliphatic rings. The third-order valence-electron chi connectivity index (χ3n) is 13.5. The minimum atomic E-state index is -0.785. The first kappa shape index (κ1) is 71.3. The van der Waals surface area contributed by atoms with Gasteiger partial charge in [-0.2, -0.15) is 0 Å². The summed E-state index contributed by atoms with van der Waals surface area (Å²) in [5.41, 5.74) is 0. The minimum absolute atomic E-state index is 0.0831. The molecular weight excluding hydrogens is 925 g/mol. The summed E-state index contributed by atoms with van der Waals surface area (Å²) < 4.78 is 16.9. The summed E-state index contributed by atoms with van der Waals surface area (Å²) in [6.45, 7) is 6.47. The predicted octanol–water partition coefficient (Wildman–Crippen LogP) is 21.7. The Balaban J connectivity index is 4.23. The van der Waals surface area contributed by atoms with Crippen LogP contribution in [0.2, 0.25) is 0 Å². The molecule has 430 valence electrons. The van der Waals surface area contributed by atoms with Gasteiger partial charge in [0, 0.05) is 19.3 Å². The van der Waals surface area contributed by atoms with Gasteiger partial charge in [-0.3, -0.25) is 14.4 Å². The van der Waals surface area contributed by atoms with Gasteiger partial charge in [0.15, 0.2) is 6.10 Å². The summed E-state index contributed by atoms with van der Waals surface area (Å²) in [4.78, 5) is 38.2.